The molecule has 0 bridgehead atoms. The van der Waals surface area contributed by atoms with E-state index < -0.39 is 0 Å². The van der Waals surface area contributed by atoms with Crippen molar-refractivity contribution in [2.24, 2.45) is 0 Å². The van der Waals surface area contributed by atoms with Gasteiger partial charge in [-0.15, -0.1) is 0 Å². The maximum Gasteiger partial charge on any atom is 0.246 e. The first kappa shape index (κ1) is 12.1. The maximum absolute atomic E-state index is 9.12. The summed E-state index contributed by atoms with van der Waals surface area (Å²) < 4.78 is 11.2. The summed E-state index contributed by atoms with van der Waals surface area (Å²) in [6, 6.07) is 16.9. The second kappa shape index (κ2) is 4.98. The zero-order valence-corrected chi connectivity index (χ0v) is 10.7. The molecule has 0 radical (unpaired) electrons. The minimum absolute atomic E-state index is 0.190. The van der Waals surface area contributed by atoms with Crippen LogP contribution in [0.5, 0.6) is 5.75 Å². The van der Waals surface area contributed by atoms with Crippen LogP contribution < -0.4 is 10.5 Å². The van der Waals surface area contributed by atoms with E-state index >= 15 is 0 Å². The molecule has 1 heterocycles. The molecule has 2 aromatic carbocycles. The van der Waals surface area contributed by atoms with E-state index in [0.717, 1.165) is 10.9 Å². The quantitative estimate of drug-likeness (QED) is 0.735. The molecule has 4 nitrogen and oxygen atoms in total. The molecule has 0 aliphatic carbocycles. The monoisotopic (exact) mass is 264 g/mol. The van der Waals surface area contributed by atoms with E-state index in [1.54, 1.807) is 0 Å². The standard InChI is InChI=1S/C16H12N2O2/c17-9-15-16(13-6-1-2-7-14(13)20-15)19-10-11-4-3-5-12(18)8-11/h1-8H,10,18H2. The number of rotatable bonds is 3. The SMILES string of the molecule is N#Cc1oc2ccccc2c1OCc1cccc(N)c1. The number of furan rings is 1. The van der Waals surface area contributed by atoms with Crippen molar-refractivity contribution in [2.45, 2.75) is 6.61 Å². The molecule has 3 aromatic rings. The molecule has 0 aliphatic rings. The number of para-hydroxylation sites is 1. The van der Waals surface area contributed by atoms with Crippen molar-refractivity contribution in [1.82, 2.24) is 0 Å². The van der Waals surface area contributed by atoms with E-state index in [4.69, 9.17) is 20.1 Å². The predicted octanol–water partition coefficient (Wildman–Crippen LogP) is 3.47. The number of anilines is 1. The summed E-state index contributed by atoms with van der Waals surface area (Å²) in [6.45, 7) is 0.337. The second-order valence-corrected chi connectivity index (χ2v) is 4.40. The van der Waals surface area contributed by atoms with Crippen molar-refractivity contribution in [3.63, 3.8) is 0 Å². The van der Waals surface area contributed by atoms with E-state index in [2.05, 4.69) is 0 Å². The number of hydrogen-bond donors (Lipinski definition) is 1. The van der Waals surface area contributed by atoms with Gasteiger partial charge in [0.2, 0.25) is 5.76 Å². The Morgan fingerprint density at radius 2 is 2.00 bits per heavy atom. The Kier molecular flexibility index (Phi) is 3.02. The molecule has 0 amide bonds. The van der Waals surface area contributed by atoms with Crippen LogP contribution in [0.1, 0.15) is 11.3 Å². The molecule has 0 atom stereocenters. The highest BCUT2D eigenvalue weighted by Gasteiger charge is 2.14. The minimum atomic E-state index is 0.190. The summed E-state index contributed by atoms with van der Waals surface area (Å²) in [5.41, 5.74) is 8.00. The largest absolute Gasteiger partial charge is 0.483 e. The molecule has 0 unspecified atom stereocenters. The Hall–Kier alpha value is -2.93. The van der Waals surface area contributed by atoms with Gasteiger partial charge in [-0.05, 0) is 29.8 Å². The van der Waals surface area contributed by atoms with Gasteiger partial charge in [-0.1, -0.05) is 24.3 Å². The van der Waals surface area contributed by atoms with Crippen LogP contribution in [0.4, 0.5) is 5.69 Å². The van der Waals surface area contributed by atoms with Crippen LogP contribution >= 0.6 is 0 Å². The molecular formula is C16H12N2O2. The van der Waals surface area contributed by atoms with Crippen LogP contribution in [0.25, 0.3) is 11.0 Å². The fraction of sp³-hybridized carbons (Fsp3) is 0.0625. The number of fused-ring (bicyclic) bond motifs is 1. The molecule has 3 rings (SSSR count). The minimum Gasteiger partial charge on any atom is -0.483 e. The summed E-state index contributed by atoms with van der Waals surface area (Å²) in [7, 11) is 0. The first-order valence-electron chi connectivity index (χ1n) is 6.17. The fourth-order valence-electron chi connectivity index (χ4n) is 2.08. The molecule has 0 saturated heterocycles. The predicted molar refractivity (Wildman–Crippen MR) is 76.1 cm³/mol. The van der Waals surface area contributed by atoms with Gasteiger partial charge in [0, 0.05) is 5.69 Å². The molecule has 0 fully saturated rings. The lowest BCUT2D eigenvalue weighted by Crippen LogP contribution is -1.97. The lowest BCUT2D eigenvalue weighted by Gasteiger charge is -2.05. The van der Waals surface area contributed by atoms with Gasteiger partial charge >= 0.3 is 0 Å². The lowest BCUT2D eigenvalue weighted by molar-refractivity contribution is 0.304. The van der Waals surface area contributed by atoms with Crippen molar-refractivity contribution in [2.75, 3.05) is 5.73 Å². The van der Waals surface area contributed by atoms with Gasteiger partial charge in [0.25, 0.3) is 0 Å². The van der Waals surface area contributed by atoms with Crippen molar-refractivity contribution >= 4 is 16.7 Å². The zero-order chi connectivity index (χ0) is 13.9. The number of benzene rings is 2. The van der Waals surface area contributed by atoms with Crippen LogP contribution in [0.15, 0.2) is 52.9 Å². The molecule has 20 heavy (non-hydrogen) atoms. The number of nitriles is 1. The molecule has 0 spiro atoms. The van der Waals surface area contributed by atoms with E-state index in [9.17, 15) is 0 Å². The number of nitrogens with zero attached hydrogens (tertiary/aromatic N) is 1. The smallest absolute Gasteiger partial charge is 0.246 e. The number of nitrogens with two attached hydrogens (primary N) is 1. The zero-order valence-electron chi connectivity index (χ0n) is 10.7. The Balaban J connectivity index is 1.93. The molecule has 2 N–H and O–H groups in total. The summed E-state index contributed by atoms with van der Waals surface area (Å²) in [5.74, 6) is 0.667. The van der Waals surface area contributed by atoms with Crippen LogP contribution in [0.2, 0.25) is 0 Å². The van der Waals surface area contributed by atoms with Gasteiger partial charge in [0.15, 0.2) is 5.75 Å². The van der Waals surface area contributed by atoms with E-state index in [1.807, 2.05) is 54.6 Å². The number of hydrogen-bond acceptors (Lipinski definition) is 4. The van der Waals surface area contributed by atoms with Gasteiger partial charge in [-0.2, -0.15) is 5.26 Å². The van der Waals surface area contributed by atoms with Crippen molar-refractivity contribution in [3.8, 4) is 11.8 Å². The Bertz CT molecular complexity index is 800. The van der Waals surface area contributed by atoms with Crippen molar-refractivity contribution in [1.29, 1.82) is 5.26 Å². The number of nitrogen functional groups attached to an aromatic ring is 1. The number of ether oxygens (including phenoxy) is 1. The third-order valence-corrected chi connectivity index (χ3v) is 2.99. The Morgan fingerprint density at radius 1 is 1.15 bits per heavy atom. The van der Waals surface area contributed by atoms with Gasteiger partial charge in [-0.3, -0.25) is 0 Å². The van der Waals surface area contributed by atoms with Gasteiger partial charge in [0.05, 0.1) is 5.39 Å². The summed E-state index contributed by atoms with van der Waals surface area (Å²) in [6.07, 6.45) is 0. The normalized spacial score (nSPS) is 10.3. The highest BCUT2D eigenvalue weighted by molar-refractivity contribution is 5.86. The molecule has 4 heteroatoms. The average molecular weight is 264 g/mol. The van der Waals surface area contributed by atoms with E-state index in [0.29, 0.717) is 23.6 Å². The summed E-state index contributed by atoms with van der Waals surface area (Å²) >= 11 is 0. The van der Waals surface area contributed by atoms with Crippen LogP contribution in [-0.2, 0) is 6.61 Å². The van der Waals surface area contributed by atoms with Gasteiger partial charge < -0.3 is 14.9 Å². The van der Waals surface area contributed by atoms with Crippen LogP contribution in [0, 0.1) is 11.3 Å². The molecule has 0 saturated carbocycles. The topological polar surface area (TPSA) is 72.2 Å². The average Bonchev–Trinajstić information content (AvgIpc) is 2.83. The lowest BCUT2D eigenvalue weighted by atomic mass is 10.2. The Labute approximate surface area is 116 Å². The van der Waals surface area contributed by atoms with Crippen LogP contribution in [-0.4, -0.2) is 0 Å². The van der Waals surface area contributed by atoms with Crippen molar-refractivity contribution in [3.05, 3.63) is 59.9 Å². The molecule has 0 aliphatic heterocycles. The van der Waals surface area contributed by atoms with Gasteiger partial charge in [-0.25, -0.2) is 0 Å². The first-order valence-corrected chi connectivity index (χ1v) is 6.17. The van der Waals surface area contributed by atoms with E-state index in [-0.39, 0.29) is 5.76 Å². The first-order chi connectivity index (χ1) is 9.78. The van der Waals surface area contributed by atoms with E-state index in [1.165, 1.54) is 0 Å². The third-order valence-electron chi connectivity index (χ3n) is 2.99. The molecule has 1 aromatic heterocycles. The fourth-order valence-corrected chi connectivity index (χ4v) is 2.08. The highest BCUT2D eigenvalue weighted by Crippen LogP contribution is 2.33. The second-order valence-electron chi connectivity index (χ2n) is 4.40. The summed E-state index contributed by atoms with van der Waals surface area (Å²) in [5, 5.41) is 9.92. The molecule has 98 valence electrons. The van der Waals surface area contributed by atoms with Crippen molar-refractivity contribution < 1.29 is 9.15 Å². The highest BCUT2D eigenvalue weighted by atomic mass is 16.5. The molecular weight excluding hydrogens is 252 g/mol. The van der Waals surface area contributed by atoms with Gasteiger partial charge in [0.1, 0.15) is 18.3 Å². The Morgan fingerprint density at radius 3 is 2.80 bits per heavy atom. The summed E-state index contributed by atoms with van der Waals surface area (Å²) in [4.78, 5) is 0. The third kappa shape index (κ3) is 2.17. The van der Waals surface area contributed by atoms with Crippen LogP contribution in [0.3, 0.4) is 0 Å². The maximum atomic E-state index is 9.12.